The van der Waals surface area contributed by atoms with Crippen molar-refractivity contribution >= 4 is 17.4 Å². The van der Waals surface area contributed by atoms with Crippen LogP contribution in [0, 0.1) is 0 Å². The fraction of sp³-hybridized carbons (Fsp3) is 0.409. The maximum atomic E-state index is 12.5. The lowest BCUT2D eigenvalue weighted by Crippen LogP contribution is -2.40. The second-order valence-corrected chi connectivity index (χ2v) is 7.54. The van der Waals surface area contributed by atoms with Crippen LogP contribution >= 0.6 is 0 Å². The van der Waals surface area contributed by atoms with E-state index in [0.717, 1.165) is 35.8 Å². The normalized spacial score (nSPS) is 14.5. The Balaban J connectivity index is 1.61. The Morgan fingerprint density at radius 2 is 1.79 bits per heavy atom. The number of nitrogens with zero attached hydrogens (tertiary/aromatic N) is 1. The van der Waals surface area contributed by atoms with Gasteiger partial charge >= 0.3 is 6.03 Å². The summed E-state index contributed by atoms with van der Waals surface area (Å²) >= 11 is 0. The number of methoxy groups -OCH3 is 1. The van der Waals surface area contributed by atoms with Crippen molar-refractivity contribution in [2.45, 2.75) is 19.3 Å². The quantitative estimate of drug-likeness (QED) is 0.800. The average Bonchev–Trinajstić information content (AvgIpc) is 2.73. The molecule has 0 radical (unpaired) electrons. The average molecular weight is 383 g/mol. The van der Waals surface area contributed by atoms with Crippen molar-refractivity contribution in [1.29, 1.82) is 0 Å². The van der Waals surface area contributed by atoms with Crippen molar-refractivity contribution < 1.29 is 14.3 Å². The molecule has 0 atom stereocenters. The van der Waals surface area contributed by atoms with Crippen molar-refractivity contribution in [3.8, 4) is 5.75 Å². The molecule has 1 heterocycles. The van der Waals surface area contributed by atoms with Crippen LogP contribution in [-0.4, -0.2) is 46.0 Å². The number of ether oxygens (including phenoxy) is 2. The highest BCUT2D eigenvalue weighted by molar-refractivity contribution is 5.93. The third kappa shape index (κ3) is 4.95. The monoisotopic (exact) mass is 383 g/mol. The number of para-hydroxylation sites is 2. The number of carbonyl (C=O) groups excluding carboxylic acids is 1. The Labute approximate surface area is 166 Å². The van der Waals surface area contributed by atoms with Gasteiger partial charge < -0.3 is 25.0 Å². The molecule has 2 amide bonds. The second-order valence-electron chi connectivity index (χ2n) is 7.54. The van der Waals surface area contributed by atoms with Crippen LogP contribution in [0.15, 0.2) is 48.5 Å². The van der Waals surface area contributed by atoms with Crippen molar-refractivity contribution in [2.75, 3.05) is 50.2 Å². The third-order valence-electron chi connectivity index (χ3n) is 5.07. The van der Waals surface area contributed by atoms with E-state index in [1.165, 1.54) is 0 Å². The fourth-order valence-electron chi connectivity index (χ4n) is 3.27. The van der Waals surface area contributed by atoms with Crippen molar-refractivity contribution in [2.24, 2.45) is 0 Å². The summed E-state index contributed by atoms with van der Waals surface area (Å²) in [6, 6.07) is 15.6. The van der Waals surface area contributed by atoms with Gasteiger partial charge in [-0.25, -0.2) is 4.79 Å². The zero-order chi connectivity index (χ0) is 20.0. The van der Waals surface area contributed by atoms with Gasteiger partial charge in [0.25, 0.3) is 0 Å². The summed E-state index contributed by atoms with van der Waals surface area (Å²) in [5.41, 5.74) is 2.77. The van der Waals surface area contributed by atoms with Crippen LogP contribution in [0.2, 0.25) is 0 Å². The molecule has 2 N–H and O–H groups in total. The highest BCUT2D eigenvalue weighted by Crippen LogP contribution is 2.27. The predicted octanol–water partition coefficient (Wildman–Crippen LogP) is 3.63. The number of amides is 2. The summed E-state index contributed by atoms with van der Waals surface area (Å²) in [6.07, 6.45) is 0. The maximum absolute atomic E-state index is 12.5. The molecule has 28 heavy (non-hydrogen) atoms. The molecule has 2 aromatic rings. The summed E-state index contributed by atoms with van der Waals surface area (Å²) < 4.78 is 10.6. The summed E-state index contributed by atoms with van der Waals surface area (Å²) in [7, 11) is 1.65. The lowest BCUT2D eigenvalue weighted by Gasteiger charge is -2.30. The van der Waals surface area contributed by atoms with Crippen molar-refractivity contribution in [3.05, 3.63) is 54.1 Å². The van der Waals surface area contributed by atoms with Gasteiger partial charge in [-0.05, 0) is 29.8 Å². The highest BCUT2D eigenvalue weighted by Gasteiger charge is 2.22. The topological polar surface area (TPSA) is 62.8 Å². The van der Waals surface area contributed by atoms with Crippen LogP contribution < -0.4 is 20.3 Å². The van der Waals surface area contributed by atoms with Crippen molar-refractivity contribution in [1.82, 2.24) is 5.32 Å². The molecule has 1 aliphatic rings. The number of urea groups is 1. The van der Waals surface area contributed by atoms with Crippen LogP contribution in [0.3, 0.4) is 0 Å². The Kier molecular flexibility index (Phi) is 6.41. The minimum atomic E-state index is -0.206. The van der Waals surface area contributed by atoms with Crippen LogP contribution in [0.1, 0.15) is 19.4 Å². The van der Waals surface area contributed by atoms with Gasteiger partial charge in [-0.3, -0.25) is 0 Å². The van der Waals surface area contributed by atoms with Crippen LogP contribution in [-0.2, 0) is 10.2 Å². The van der Waals surface area contributed by atoms with Gasteiger partial charge in [0.05, 0.1) is 31.7 Å². The van der Waals surface area contributed by atoms with Crippen LogP contribution in [0.25, 0.3) is 0 Å². The van der Waals surface area contributed by atoms with Gasteiger partial charge in [-0.2, -0.15) is 0 Å². The van der Waals surface area contributed by atoms with E-state index < -0.39 is 0 Å². The number of morpholine rings is 1. The summed E-state index contributed by atoms with van der Waals surface area (Å²) in [5, 5.41) is 6.00. The molecule has 6 heteroatoms. The van der Waals surface area contributed by atoms with E-state index in [9.17, 15) is 4.79 Å². The molecule has 2 aromatic carbocycles. The van der Waals surface area contributed by atoms with Gasteiger partial charge in [-0.1, -0.05) is 38.1 Å². The molecule has 0 spiro atoms. The first-order valence-corrected chi connectivity index (χ1v) is 9.61. The first kappa shape index (κ1) is 20.0. The first-order chi connectivity index (χ1) is 13.5. The van der Waals surface area contributed by atoms with E-state index in [0.29, 0.717) is 19.8 Å². The summed E-state index contributed by atoms with van der Waals surface area (Å²) in [5.74, 6) is 0.824. The van der Waals surface area contributed by atoms with E-state index in [1.807, 2.05) is 48.5 Å². The number of rotatable bonds is 6. The van der Waals surface area contributed by atoms with Crippen molar-refractivity contribution in [3.63, 3.8) is 0 Å². The van der Waals surface area contributed by atoms with Gasteiger partial charge in [0.15, 0.2) is 0 Å². The molecule has 6 nitrogen and oxygen atoms in total. The number of nitrogens with one attached hydrogen (secondary N) is 2. The molecular formula is C22H29N3O3. The Bertz CT molecular complexity index is 784. The van der Waals surface area contributed by atoms with Gasteiger partial charge in [0.2, 0.25) is 0 Å². The number of hydrogen-bond acceptors (Lipinski definition) is 4. The zero-order valence-corrected chi connectivity index (χ0v) is 16.8. The second kappa shape index (κ2) is 8.97. The zero-order valence-electron chi connectivity index (χ0n) is 16.8. The molecule has 0 aromatic heterocycles. The number of anilines is 2. The molecule has 0 saturated carbocycles. The van der Waals surface area contributed by atoms with Gasteiger partial charge in [0.1, 0.15) is 5.75 Å². The van der Waals surface area contributed by atoms with E-state index >= 15 is 0 Å². The third-order valence-corrected chi connectivity index (χ3v) is 5.07. The molecule has 3 rings (SSSR count). The molecule has 1 fully saturated rings. The SMILES string of the molecule is COc1ccc(C(C)(C)CNC(=O)Nc2ccccc2N2CCOCC2)cc1. The van der Waals surface area contributed by atoms with E-state index in [-0.39, 0.29) is 11.4 Å². The van der Waals surface area contributed by atoms with E-state index in [2.05, 4.69) is 29.4 Å². The molecule has 0 unspecified atom stereocenters. The first-order valence-electron chi connectivity index (χ1n) is 9.61. The highest BCUT2D eigenvalue weighted by atomic mass is 16.5. The van der Waals surface area contributed by atoms with Crippen LogP contribution in [0.4, 0.5) is 16.2 Å². The smallest absolute Gasteiger partial charge is 0.319 e. The number of hydrogen-bond donors (Lipinski definition) is 2. The standard InChI is InChI=1S/C22H29N3O3/c1-22(2,17-8-10-18(27-3)11-9-17)16-23-21(26)24-19-6-4-5-7-20(19)25-12-14-28-15-13-25/h4-11H,12-16H2,1-3H3,(H2,23,24,26). The Morgan fingerprint density at radius 3 is 2.46 bits per heavy atom. The lowest BCUT2D eigenvalue weighted by atomic mass is 9.84. The van der Waals surface area contributed by atoms with Gasteiger partial charge in [0, 0.05) is 25.0 Å². The Hall–Kier alpha value is -2.73. The number of benzene rings is 2. The van der Waals surface area contributed by atoms with Gasteiger partial charge in [-0.15, -0.1) is 0 Å². The molecule has 1 saturated heterocycles. The van der Waals surface area contributed by atoms with E-state index in [1.54, 1.807) is 7.11 Å². The minimum Gasteiger partial charge on any atom is -0.497 e. The summed E-state index contributed by atoms with van der Waals surface area (Å²) in [6.45, 7) is 7.79. The summed E-state index contributed by atoms with van der Waals surface area (Å²) in [4.78, 5) is 14.8. The van der Waals surface area contributed by atoms with E-state index in [4.69, 9.17) is 9.47 Å². The predicted molar refractivity (Wildman–Crippen MR) is 113 cm³/mol. The Morgan fingerprint density at radius 1 is 1.11 bits per heavy atom. The largest absolute Gasteiger partial charge is 0.497 e. The number of carbonyl (C=O) groups is 1. The molecule has 150 valence electrons. The molecule has 0 bridgehead atoms. The molecule has 1 aliphatic heterocycles. The minimum absolute atomic E-state index is 0.201. The van der Waals surface area contributed by atoms with Crippen LogP contribution in [0.5, 0.6) is 5.75 Å². The lowest BCUT2D eigenvalue weighted by molar-refractivity contribution is 0.123. The molecular weight excluding hydrogens is 354 g/mol. The fourth-order valence-corrected chi connectivity index (χ4v) is 3.27. The molecule has 0 aliphatic carbocycles. The maximum Gasteiger partial charge on any atom is 0.319 e.